The highest BCUT2D eigenvalue weighted by Crippen LogP contribution is 2.31. The largest absolute Gasteiger partial charge is 0.478 e. The molecular formula is C16H11F3N2O3. The third-order valence-corrected chi connectivity index (χ3v) is 3.01. The maximum absolute atomic E-state index is 12.8. The first-order chi connectivity index (χ1) is 11.3. The first-order valence-corrected chi connectivity index (χ1v) is 6.62. The van der Waals surface area contributed by atoms with Crippen molar-refractivity contribution in [3.63, 3.8) is 0 Å². The number of hydrogen-bond donors (Lipinski definition) is 2. The van der Waals surface area contributed by atoms with Gasteiger partial charge in [-0.15, -0.1) is 0 Å². The van der Waals surface area contributed by atoms with Gasteiger partial charge in [0, 0.05) is 0 Å². The molecule has 1 amide bonds. The zero-order valence-corrected chi connectivity index (χ0v) is 12.0. The van der Waals surface area contributed by atoms with Crippen molar-refractivity contribution in [2.24, 2.45) is 5.10 Å². The predicted molar refractivity (Wildman–Crippen MR) is 79.9 cm³/mol. The van der Waals surface area contributed by atoms with E-state index in [1.165, 1.54) is 42.6 Å². The lowest BCUT2D eigenvalue weighted by Gasteiger charge is -2.10. The van der Waals surface area contributed by atoms with Crippen LogP contribution in [0.15, 0.2) is 53.6 Å². The summed E-state index contributed by atoms with van der Waals surface area (Å²) in [5, 5.41) is 12.3. The normalized spacial score (nSPS) is 11.5. The molecule has 124 valence electrons. The minimum absolute atomic E-state index is 0.0790. The van der Waals surface area contributed by atoms with Gasteiger partial charge in [-0.3, -0.25) is 4.79 Å². The lowest BCUT2D eigenvalue weighted by Crippen LogP contribution is -2.22. The van der Waals surface area contributed by atoms with Gasteiger partial charge in [0.05, 0.1) is 22.9 Å². The number of carboxylic acids is 1. The highest BCUT2D eigenvalue weighted by Gasteiger charge is 2.34. The van der Waals surface area contributed by atoms with E-state index < -0.39 is 29.2 Å². The first-order valence-electron chi connectivity index (χ1n) is 6.62. The van der Waals surface area contributed by atoms with Crippen molar-refractivity contribution in [3.05, 3.63) is 70.8 Å². The summed E-state index contributed by atoms with van der Waals surface area (Å²) in [4.78, 5) is 22.5. The Morgan fingerprint density at radius 1 is 1.04 bits per heavy atom. The molecule has 2 rings (SSSR count). The maximum Gasteiger partial charge on any atom is 0.417 e. The van der Waals surface area contributed by atoms with Gasteiger partial charge >= 0.3 is 12.1 Å². The first kappa shape index (κ1) is 17.2. The number of benzene rings is 2. The lowest BCUT2D eigenvalue weighted by atomic mass is 10.1. The molecule has 0 aliphatic rings. The fourth-order valence-corrected chi connectivity index (χ4v) is 1.87. The molecule has 0 unspecified atom stereocenters. The number of carbonyl (C=O) groups excluding carboxylic acids is 1. The van der Waals surface area contributed by atoms with Crippen LogP contribution >= 0.6 is 0 Å². The Hall–Kier alpha value is -3.16. The minimum Gasteiger partial charge on any atom is -0.478 e. The van der Waals surface area contributed by atoms with Crippen molar-refractivity contribution >= 4 is 18.1 Å². The number of nitrogens with one attached hydrogen (secondary N) is 1. The predicted octanol–water partition coefficient (Wildman–Crippen LogP) is 3.17. The SMILES string of the molecule is O=C(O)c1ccc(C=NNC(=O)c2ccccc2C(F)(F)F)cc1. The summed E-state index contributed by atoms with van der Waals surface area (Å²) < 4.78 is 38.5. The van der Waals surface area contributed by atoms with Crippen LogP contribution in [-0.4, -0.2) is 23.2 Å². The molecule has 0 fully saturated rings. The van der Waals surface area contributed by atoms with Crippen molar-refractivity contribution in [2.75, 3.05) is 0 Å². The molecule has 0 radical (unpaired) electrons. The molecule has 2 N–H and O–H groups in total. The molecule has 0 heterocycles. The number of alkyl halides is 3. The van der Waals surface area contributed by atoms with Crippen molar-refractivity contribution in [2.45, 2.75) is 6.18 Å². The molecule has 0 aromatic heterocycles. The van der Waals surface area contributed by atoms with E-state index in [0.29, 0.717) is 5.56 Å². The number of nitrogens with zero attached hydrogens (tertiary/aromatic N) is 1. The minimum atomic E-state index is -4.65. The number of hydrazone groups is 1. The summed E-state index contributed by atoms with van der Waals surface area (Å²) in [6.07, 6.45) is -3.45. The van der Waals surface area contributed by atoms with Crippen LogP contribution in [-0.2, 0) is 6.18 Å². The van der Waals surface area contributed by atoms with Gasteiger partial charge in [0.1, 0.15) is 0 Å². The molecule has 2 aromatic rings. The van der Waals surface area contributed by atoms with Crippen LogP contribution in [0.2, 0.25) is 0 Å². The Bertz CT molecular complexity index is 784. The van der Waals surface area contributed by atoms with Crippen molar-refractivity contribution in [3.8, 4) is 0 Å². The summed E-state index contributed by atoms with van der Waals surface area (Å²) in [5.41, 5.74) is 0.976. The van der Waals surface area contributed by atoms with E-state index in [-0.39, 0.29) is 5.56 Å². The highest BCUT2D eigenvalue weighted by molar-refractivity contribution is 5.96. The fourth-order valence-electron chi connectivity index (χ4n) is 1.87. The Labute approximate surface area is 134 Å². The quantitative estimate of drug-likeness (QED) is 0.665. The zero-order valence-electron chi connectivity index (χ0n) is 12.0. The summed E-state index contributed by atoms with van der Waals surface area (Å²) in [7, 11) is 0. The molecule has 5 nitrogen and oxygen atoms in total. The molecule has 8 heteroatoms. The monoisotopic (exact) mass is 336 g/mol. The topological polar surface area (TPSA) is 78.8 Å². The summed E-state index contributed by atoms with van der Waals surface area (Å²) in [6.45, 7) is 0. The van der Waals surface area contributed by atoms with E-state index in [1.807, 2.05) is 5.43 Å². The second kappa shape index (κ2) is 6.95. The third-order valence-electron chi connectivity index (χ3n) is 3.01. The van der Waals surface area contributed by atoms with E-state index >= 15 is 0 Å². The number of amides is 1. The lowest BCUT2D eigenvalue weighted by molar-refractivity contribution is -0.137. The molecule has 24 heavy (non-hydrogen) atoms. The Kier molecular flexibility index (Phi) is 4.98. The number of carbonyl (C=O) groups is 2. The number of hydrogen-bond acceptors (Lipinski definition) is 3. The number of halogens is 3. The van der Waals surface area contributed by atoms with Gasteiger partial charge in [-0.2, -0.15) is 18.3 Å². The van der Waals surface area contributed by atoms with Crippen LogP contribution in [0.25, 0.3) is 0 Å². The maximum atomic E-state index is 12.8. The molecular weight excluding hydrogens is 325 g/mol. The number of carboxylic acid groups (broad SMARTS) is 1. The van der Waals surface area contributed by atoms with Crippen LogP contribution in [0, 0.1) is 0 Å². The number of rotatable bonds is 4. The molecule has 0 atom stereocenters. The smallest absolute Gasteiger partial charge is 0.417 e. The van der Waals surface area contributed by atoms with Gasteiger partial charge in [0.2, 0.25) is 0 Å². The van der Waals surface area contributed by atoms with E-state index in [9.17, 15) is 22.8 Å². The van der Waals surface area contributed by atoms with Crippen LogP contribution < -0.4 is 5.43 Å². The molecule has 0 saturated heterocycles. The molecule has 0 spiro atoms. The second-order valence-electron chi connectivity index (χ2n) is 4.67. The van der Waals surface area contributed by atoms with Gasteiger partial charge in [0.15, 0.2) is 0 Å². The Morgan fingerprint density at radius 3 is 2.25 bits per heavy atom. The van der Waals surface area contributed by atoms with Crippen molar-refractivity contribution in [1.82, 2.24) is 5.43 Å². The van der Waals surface area contributed by atoms with E-state index in [0.717, 1.165) is 12.1 Å². The van der Waals surface area contributed by atoms with Gasteiger partial charge in [-0.05, 0) is 29.8 Å². The molecule has 0 saturated carbocycles. The summed E-state index contributed by atoms with van der Waals surface area (Å²) in [6, 6.07) is 9.93. The highest BCUT2D eigenvalue weighted by atomic mass is 19.4. The Morgan fingerprint density at radius 2 is 1.67 bits per heavy atom. The molecule has 0 bridgehead atoms. The van der Waals surface area contributed by atoms with Gasteiger partial charge < -0.3 is 5.11 Å². The summed E-state index contributed by atoms with van der Waals surface area (Å²) >= 11 is 0. The van der Waals surface area contributed by atoms with Gasteiger partial charge in [0.25, 0.3) is 5.91 Å². The average molecular weight is 336 g/mol. The second-order valence-corrected chi connectivity index (χ2v) is 4.67. The van der Waals surface area contributed by atoms with Crippen LogP contribution in [0.4, 0.5) is 13.2 Å². The van der Waals surface area contributed by atoms with Crippen molar-refractivity contribution < 1.29 is 27.9 Å². The third kappa shape index (κ3) is 4.19. The molecule has 0 aliphatic heterocycles. The fraction of sp³-hybridized carbons (Fsp3) is 0.0625. The van der Waals surface area contributed by atoms with E-state index in [1.54, 1.807) is 0 Å². The van der Waals surface area contributed by atoms with Crippen LogP contribution in [0.5, 0.6) is 0 Å². The summed E-state index contributed by atoms with van der Waals surface area (Å²) in [5.74, 6) is -2.09. The average Bonchev–Trinajstić information content (AvgIpc) is 2.54. The standard InChI is InChI=1S/C16H11F3N2O3/c17-16(18,19)13-4-2-1-3-12(13)14(22)21-20-9-10-5-7-11(8-6-10)15(23)24/h1-9H,(H,21,22)(H,23,24). The van der Waals surface area contributed by atoms with Gasteiger partial charge in [-0.25, -0.2) is 10.2 Å². The zero-order chi connectivity index (χ0) is 17.7. The van der Waals surface area contributed by atoms with Gasteiger partial charge in [-0.1, -0.05) is 24.3 Å². The van der Waals surface area contributed by atoms with Crippen LogP contribution in [0.1, 0.15) is 31.8 Å². The van der Waals surface area contributed by atoms with Crippen LogP contribution in [0.3, 0.4) is 0 Å². The van der Waals surface area contributed by atoms with E-state index in [4.69, 9.17) is 5.11 Å². The van der Waals surface area contributed by atoms with E-state index in [2.05, 4.69) is 5.10 Å². The molecule has 0 aliphatic carbocycles. The molecule has 2 aromatic carbocycles. The van der Waals surface area contributed by atoms with Crippen molar-refractivity contribution in [1.29, 1.82) is 0 Å². The number of aromatic carboxylic acids is 1. The Balaban J connectivity index is 2.10.